The van der Waals surface area contributed by atoms with Gasteiger partial charge in [-0.3, -0.25) is 0 Å². The molecule has 0 bridgehead atoms. The van der Waals surface area contributed by atoms with Gasteiger partial charge in [0.05, 0.1) is 6.04 Å². The summed E-state index contributed by atoms with van der Waals surface area (Å²) in [5.74, 6) is 1.01. The van der Waals surface area contributed by atoms with E-state index in [9.17, 15) is 0 Å². The smallest absolute Gasteiger partial charge is 0.142 e. The average molecular weight is 596 g/mol. The van der Waals surface area contributed by atoms with Crippen LogP contribution in [0.25, 0.3) is 81.3 Å². The van der Waals surface area contributed by atoms with Gasteiger partial charge in [-0.15, -0.1) is 11.3 Å². The number of allylic oxidation sites excluding steroid dienone is 5. The second-order valence-corrected chi connectivity index (χ2v) is 13.4. The molecule has 2 nitrogen and oxygen atoms in total. The number of rotatable bonds is 3. The summed E-state index contributed by atoms with van der Waals surface area (Å²) in [6, 6.07) is 36.6. The molecule has 10 rings (SSSR count). The number of benzene rings is 5. The quantitative estimate of drug-likeness (QED) is 0.199. The number of para-hydroxylation sites is 2. The van der Waals surface area contributed by atoms with Crippen LogP contribution < -0.4 is 0 Å². The Hall–Kier alpha value is -5.12. The Labute approximate surface area is 264 Å². The minimum atomic E-state index is 0.309. The molecule has 8 aromatic rings. The number of aryl methyl sites for hydroxylation is 1. The van der Waals surface area contributed by atoms with Gasteiger partial charge in [-0.1, -0.05) is 91.0 Å². The topological polar surface area (TPSA) is 18.1 Å². The first kappa shape index (κ1) is 25.2. The van der Waals surface area contributed by atoms with Crippen molar-refractivity contribution in [2.45, 2.75) is 25.3 Å². The van der Waals surface area contributed by atoms with E-state index in [0.717, 1.165) is 36.2 Å². The van der Waals surface area contributed by atoms with Crippen LogP contribution >= 0.6 is 11.3 Å². The highest BCUT2D eigenvalue weighted by Gasteiger charge is 2.22. The van der Waals surface area contributed by atoms with Gasteiger partial charge >= 0.3 is 0 Å². The maximum absolute atomic E-state index is 6.64. The van der Waals surface area contributed by atoms with Crippen molar-refractivity contribution in [3.63, 3.8) is 0 Å². The third kappa shape index (κ3) is 3.74. The number of fused-ring (bicyclic) bond motifs is 9. The molecule has 1 unspecified atom stereocenters. The summed E-state index contributed by atoms with van der Waals surface area (Å²) < 4.78 is 11.8. The van der Waals surface area contributed by atoms with E-state index in [4.69, 9.17) is 4.42 Å². The largest absolute Gasteiger partial charge is 0.456 e. The third-order valence-corrected chi connectivity index (χ3v) is 10.9. The van der Waals surface area contributed by atoms with Crippen molar-refractivity contribution in [3.05, 3.63) is 139 Å². The van der Waals surface area contributed by atoms with Crippen LogP contribution in [0.5, 0.6) is 0 Å². The normalized spacial score (nSPS) is 16.1. The second-order valence-electron chi connectivity index (χ2n) is 12.3. The molecule has 0 saturated heterocycles. The van der Waals surface area contributed by atoms with Crippen molar-refractivity contribution in [2.24, 2.45) is 0 Å². The standard InChI is InChI=1S/C42H29NOS/c1-2-11-27(12-3-1)43-37-18-7-4-13-28(37)35-23-26(21-22-38(35)43)33-24-36-30-15-6-9-20-40(30)45-41(36)25-34(33)32-17-10-16-31-29-14-5-8-19-39(29)44-42(31)32/h1-4,6-11,13,15-25,27H,5,12,14H2. The molecule has 0 saturated carbocycles. The van der Waals surface area contributed by atoms with Crippen molar-refractivity contribution < 1.29 is 4.42 Å². The van der Waals surface area contributed by atoms with Gasteiger partial charge in [0.1, 0.15) is 11.3 Å². The zero-order chi connectivity index (χ0) is 29.5. The fourth-order valence-corrected chi connectivity index (χ4v) is 8.86. The fraction of sp³-hybridized carbons (Fsp3) is 0.0952. The summed E-state index contributed by atoms with van der Waals surface area (Å²) in [5, 5.41) is 6.46. The molecular formula is C42H29NOS. The maximum atomic E-state index is 6.64. The number of thiophene rings is 1. The van der Waals surface area contributed by atoms with E-state index in [-0.39, 0.29) is 0 Å². The van der Waals surface area contributed by atoms with Gasteiger partial charge in [0.15, 0.2) is 0 Å². The van der Waals surface area contributed by atoms with Crippen molar-refractivity contribution >= 4 is 70.4 Å². The van der Waals surface area contributed by atoms with E-state index in [1.807, 2.05) is 11.3 Å². The molecule has 1 atom stereocenters. The lowest BCUT2D eigenvalue weighted by molar-refractivity contribution is 0.596. The van der Waals surface area contributed by atoms with Gasteiger partial charge in [-0.25, -0.2) is 0 Å². The Bertz CT molecular complexity index is 2580. The van der Waals surface area contributed by atoms with Crippen molar-refractivity contribution in [1.82, 2.24) is 4.57 Å². The van der Waals surface area contributed by atoms with Gasteiger partial charge in [0, 0.05) is 58.5 Å². The van der Waals surface area contributed by atoms with Crippen LogP contribution in [0.4, 0.5) is 0 Å². The Kier molecular flexibility index (Phi) is 5.43. The molecule has 45 heavy (non-hydrogen) atoms. The summed E-state index contributed by atoms with van der Waals surface area (Å²) in [5.41, 5.74) is 9.73. The van der Waals surface area contributed by atoms with Crippen LogP contribution in [0, 0.1) is 0 Å². The Morgan fingerprint density at radius 1 is 0.644 bits per heavy atom. The van der Waals surface area contributed by atoms with Crippen molar-refractivity contribution in [3.8, 4) is 22.3 Å². The first-order valence-corrected chi connectivity index (χ1v) is 16.7. The highest BCUT2D eigenvalue weighted by molar-refractivity contribution is 7.25. The molecule has 2 aliphatic rings. The monoisotopic (exact) mass is 595 g/mol. The van der Waals surface area contributed by atoms with Crippen LogP contribution in [0.1, 0.15) is 30.2 Å². The molecule has 214 valence electrons. The summed E-state index contributed by atoms with van der Waals surface area (Å²) >= 11 is 1.87. The Morgan fingerprint density at radius 3 is 2.44 bits per heavy atom. The van der Waals surface area contributed by atoms with Crippen LogP contribution in [0.15, 0.2) is 132 Å². The number of aromatic nitrogens is 1. The molecule has 0 amide bonds. The lowest BCUT2D eigenvalue weighted by Crippen LogP contribution is -2.06. The number of hydrogen-bond acceptors (Lipinski definition) is 2. The molecule has 0 fully saturated rings. The molecule has 0 spiro atoms. The van der Waals surface area contributed by atoms with E-state index in [1.54, 1.807) is 0 Å². The highest BCUT2D eigenvalue weighted by Crippen LogP contribution is 2.46. The van der Waals surface area contributed by atoms with E-state index in [0.29, 0.717) is 6.04 Å². The Balaban J connectivity index is 1.27. The molecule has 0 N–H and O–H groups in total. The zero-order valence-corrected chi connectivity index (χ0v) is 25.5. The second kappa shape index (κ2) is 9.69. The van der Waals surface area contributed by atoms with Crippen LogP contribution in [0.2, 0.25) is 0 Å². The number of hydrogen-bond donors (Lipinski definition) is 0. The fourth-order valence-electron chi connectivity index (χ4n) is 7.73. The van der Waals surface area contributed by atoms with Gasteiger partial charge in [-0.05, 0) is 78.4 Å². The van der Waals surface area contributed by atoms with Gasteiger partial charge in [0.2, 0.25) is 0 Å². The summed E-state index contributed by atoms with van der Waals surface area (Å²) in [6.45, 7) is 0. The van der Waals surface area contributed by atoms with Crippen LogP contribution in [-0.4, -0.2) is 4.57 Å². The summed E-state index contributed by atoms with van der Waals surface area (Å²) in [4.78, 5) is 0. The highest BCUT2D eigenvalue weighted by atomic mass is 32.1. The number of furan rings is 1. The van der Waals surface area contributed by atoms with Crippen molar-refractivity contribution in [1.29, 1.82) is 0 Å². The molecule has 3 heterocycles. The minimum Gasteiger partial charge on any atom is -0.456 e. The first-order valence-electron chi connectivity index (χ1n) is 15.8. The molecule has 5 aromatic carbocycles. The molecule has 3 aromatic heterocycles. The lowest BCUT2D eigenvalue weighted by Gasteiger charge is -2.18. The van der Waals surface area contributed by atoms with Crippen molar-refractivity contribution in [2.75, 3.05) is 0 Å². The van der Waals surface area contributed by atoms with Crippen LogP contribution in [-0.2, 0) is 6.42 Å². The predicted molar refractivity (Wildman–Crippen MR) is 192 cm³/mol. The maximum Gasteiger partial charge on any atom is 0.142 e. The first-order chi connectivity index (χ1) is 22.3. The van der Waals surface area contributed by atoms with E-state index in [1.165, 1.54) is 69.6 Å². The molecule has 2 aliphatic carbocycles. The van der Waals surface area contributed by atoms with Crippen LogP contribution in [0.3, 0.4) is 0 Å². The van der Waals surface area contributed by atoms with Gasteiger partial charge in [0.25, 0.3) is 0 Å². The average Bonchev–Trinajstić information content (AvgIpc) is 3.77. The molecule has 3 heteroatoms. The molecular weight excluding hydrogens is 567 g/mol. The predicted octanol–water partition coefficient (Wildman–Crippen LogP) is 12.3. The third-order valence-electron chi connectivity index (χ3n) is 9.80. The Morgan fingerprint density at radius 2 is 1.51 bits per heavy atom. The van der Waals surface area contributed by atoms with E-state index >= 15 is 0 Å². The molecule has 0 radical (unpaired) electrons. The number of nitrogens with zero attached hydrogens (tertiary/aromatic N) is 1. The SMILES string of the molecule is C1=CCC(n2c3ccccc3c3cc(-c4cc5c(cc4-c4cccc6c7c(oc46)C=CCC7)sc4ccccc45)ccc32)C=C1. The minimum absolute atomic E-state index is 0.309. The summed E-state index contributed by atoms with van der Waals surface area (Å²) in [7, 11) is 0. The van der Waals surface area contributed by atoms with Gasteiger partial charge in [-0.2, -0.15) is 0 Å². The van der Waals surface area contributed by atoms with E-state index in [2.05, 4.69) is 138 Å². The zero-order valence-electron chi connectivity index (χ0n) is 24.7. The molecule has 0 aliphatic heterocycles. The summed E-state index contributed by atoms with van der Waals surface area (Å²) in [6.07, 6.45) is 16.4. The van der Waals surface area contributed by atoms with E-state index < -0.39 is 0 Å². The van der Waals surface area contributed by atoms with Gasteiger partial charge < -0.3 is 8.98 Å². The lowest BCUT2D eigenvalue weighted by atomic mass is 9.90.